The van der Waals surface area contributed by atoms with Crippen LogP contribution in [0.1, 0.15) is 76.0 Å². The van der Waals surface area contributed by atoms with E-state index in [1.165, 1.54) is 0 Å². The molecule has 4 aliphatic rings. The molecule has 0 aromatic carbocycles. The standard InChI is InChI=1S/C26H31N5O4/c1-15(2)35-21-16(20(32)27-17-7-6-8-31(22(17)33)19-9-24(19,3)4)10-30-11-18(28-23(30)29-21)26-12-25(5,13-26)34-14-26/h6-8,10-11,15,19H,9,12-14H2,1-5H3,(H,27,32). The van der Waals surface area contributed by atoms with Crippen molar-refractivity contribution < 1.29 is 14.3 Å². The first kappa shape index (κ1) is 22.3. The summed E-state index contributed by atoms with van der Waals surface area (Å²) < 4.78 is 15.3. The van der Waals surface area contributed by atoms with Crippen molar-refractivity contribution in [3.8, 4) is 5.88 Å². The molecule has 1 amide bonds. The lowest BCUT2D eigenvalue weighted by molar-refractivity contribution is 0.0154. The van der Waals surface area contributed by atoms with Gasteiger partial charge in [0.05, 0.1) is 24.0 Å². The van der Waals surface area contributed by atoms with Crippen LogP contribution in [-0.2, 0) is 10.2 Å². The molecule has 3 aromatic rings. The maximum Gasteiger partial charge on any atom is 0.274 e. The number of pyridine rings is 1. The number of fused-ring (bicyclic) bond motifs is 2. The van der Waals surface area contributed by atoms with Gasteiger partial charge in [0, 0.05) is 30.0 Å². The Morgan fingerprint density at radius 3 is 2.60 bits per heavy atom. The van der Waals surface area contributed by atoms with Gasteiger partial charge < -0.3 is 19.4 Å². The number of aromatic nitrogens is 4. The molecule has 1 N–H and O–H groups in total. The van der Waals surface area contributed by atoms with E-state index < -0.39 is 5.91 Å². The second kappa shape index (κ2) is 7.16. The topological polar surface area (TPSA) is 99.8 Å². The third-order valence-electron chi connectivity index (χ3n) is 7.69. The largest absolute Gasteiger partial charge is 0.474 e. The van der Waals surface area contributed by atoms with Crippen LogP contribution >= 0.6 is 0 Å². The maximum atomic E-state index is 13.4. The van der Waals surface area contributed by atoms with E-state index >= 15 is 0 Å². The molecule has 9 nitrogen and oxygen atoms in total. The van der Waals surface area contributed by atoms with Crippen LogP contribution in [0.2, 0.25) is 0 Å². The molecular formula is C26H31N5O4. The Morgan fingerprint density at radius 2 is 1.97 bits per heavy atom. The highest BCUT2D eigenvalue weighted by Gasteiger charge is 2.61. The molecule has 184 valence electrons. The third kappa shape index (κ3) is 3.55. The maximum absolute atomic E-state index is 13.4. The number of anilines is 1. The van der Waals surface area contributed by atoms with Crippen LogP contribution in [0.4, 0.5) is 5.69 Å². The van der Waals surface area contributed by atoms with Crippen molar-refractivity contribution in [3.63, 3.8) is 0 Å². The number of rotatable bonds is 6. The summed E-state index contributed by atoms with van der Waals surface area (Å²) in [6.45, 7) is 10.8. The van der Waals surface area contributed by atoms with Crippen LogP contribution in [0.25, 0.3) is 5.78 Å². The van der Waals surface area contributed by atoms with Gasteiger partial charge in [0.15, 0.2) is 0 Å². The predicted octanol–water partition coefficient (Wildman–Crippen LogP) is 3.72. The highest BCUT2D eigenvalue weighted by molar-refractivity contribution is 6.05. The minimum Gasteiger partial charge on any atom is -0.474 e. The molecule has 3 aromatic heterocycles. The molecule has 1 atom stereocenters. The molecule has 0 spiro atoms. The summed E-state index contributed by atoms with van der Waals surface area (Å²) in [5, 5.41) is 2.79. The molecule has 0 radical (unpaired) electrons. The van der Waals surface area contributed by atoms with Crippen molar-refractivity contribution in [2.75, 3.05) is 11.9 Å². The van der Waals surface area contributed by atoms with Gasteiger partial charge in [-0.25, -0.2) is 4.98 Å². The Balaban J connectivity index is 1.34. The van der Waals surface area contributed by atoms with Crippen molar-refractivity contribution >= 4 is 17.4 Å². The molecule has 2 aliphatic heterocycles. The summed E-state index contributed by atoms with van der Waals surface area (Å²) in [5.74, 6) is 0.217. The molecule has 1 unspecified atom stereocenters. The minimum atomic E-state index is -0.450. The van der Waals surface area contributed by atoms with E-state index in [0.29, 0.717) is 12.4 Å². The van der Waals surface area contributed by atoms with Crippen LogP contribution in [-0.4, -0.2) is 43.2 Å². The number of nitrogens with one attached hydrogen (secondary N) is 1. The average molecular weight is 478 g/mol. The molecule has 2 aliphatic carbocycles. The zero-order valence-electron chi connectivity index (χ0n) is 20.8. The highest BCUT2D eigenvalue weighted by atomic mass is 16.5. The summed E-state index contributed by atoms with van der Waals surface area (Å²) in [4.78, 5) is 35.8. The molecular weight excluding hydrogens is 446 g/mol. The predicted molar refractivity (Wildman–Crippen MR) is 130 cm³/mol. The van der Waals surface area contributed by atoms with Crippen LogP contribution in [0, 0.1) is 5.41 Å². The van der Waals surface area contributed by atoms with Crippen LogP contribution in [0.15, 0.2) is 35.5 Å². The fourth-order valence-electron chi connectivity index (χ4n) is 5.74. The van der Waals surface area contributed by atoms with Crippen LogP contribution in [0.5, 0.6) is 5.88 Å². The fraction of sp³-hybridized carbons (Fsp3) is 0.538. The summed E-state index contributed by atoms with van der Waals surface area (Å²) >= 11 is 0. The molecule has 4 fully saturated rings. The number of nitrogens with zero attached hydrogens (tertiary/aromatic N) is 4. The van der Waals surface area contributed by atoms with E-state index in [0.717, 1.165) is 25.0 Å². The smallest absolute Gasteiger partial charge is 0.274 e. The van der Waals surface area contributed by atoms with Gasteiger partial charge >= 0.3 is 0 Å². The Labute approximate surface area is 203 Å². The molecule has 35 heavy (non-hydrogen) atoms. The molecule has 7 rings (SSSR count). The van der Waals surface area contributed by atoms with Gasteiger partial charge in [-0.15, -0.1) is 0 Å². The van der Waals surface area contributed by atoms with E-state index in [1.807, 2.05) is 20.0 Å². The van der Waals surface area contributed by atoms with Gasteiger partial charge in [0.2, 0.25) is 11.7 Å². The number of imidazole rings is 1. The zero-order chi connectivity index (χ0) is 24.8. The van der Waals surface area contributed by atoms with Gasteiger partial charge in [-0.05, 0) is 57.6 Å². The van der Waals surface area contributed by atoms with E-state index in [2.05, 4.69) is 31.1 Å². The van der Waals surface area contributed by atoms with E-state index in [9.17, 15) is 9.59 Å². The summed E-state index contributed by atoms with van der Waals surface area (Å²) in [6, 6.07) is 3.56. The summed E-state index contributed by atoms with van der Waals surface area (Å²) in [5.41, 5.74) is 1.13. The summed E-state index contributed by atoms with van der Waals surface area (Å²) in [7, 11) is 0. The molecule has 9 heteroatoms. The highest BCUT2D eigenvalue weighted by Crippen LogP contribution is 2.58. The van der Waals surface area contributed by atoms with Gasteiger partial charge in [0.1, 0.15) is 11.3 Å². The fourth-order valence-corrected chi connectivity index (χ4v) is 5.74. The normalized spacial score (nSPS) is 28.2. The number of amides is 1. The lowest BCUT2D eigenvalue weighted by Gasteiger charge is -2.41. The second-order valence-corrected chi connectivity index (χ2v) is 11.6. The van der Waals surface area contributed by atoms with Crippen molar-refractivity contribution in [2.24, 2.45) is 5.41 Å². The van der Waals surface area contributed by atoms with Crippen molar-refractivity contribution in [3.05, 3.63) is 52.3 Å². The Hall–Kier alpha value is -3.20. The summed E-state index contributed by atoms with van der Waals surface area (Å²) in [6.07, 6.45) is 8.01. The Kier molecular flexibility index (Phi) is 4.56. The number of carbonyl (C=O) groups excluding carboxylic acids is 1. The van der Waals surface area contributed by atoms with Gasteiger partial charge in [0.25, 0.3) is 11.5 Å². The lowest BCUT2D eigenvalue weighted by atomic mass is 9.62. The molecule has 2 saturated heterocycles. The lowest BCUT2D eigenvalue weighted by Crippen LogP contribution is -2.45. The van der Waals surface area contributed by atoms with Crippen molar-refractivity contribution in [2.45, 2.75) is 77.0 Å². The Morgan fingerprint density at radius 1 is 1.23 bits per heavy atom. The first-order valence-electron chi connectivity index (χ1n) is 12.2. The number of carbonyl (C=O) groups is 1. The van der Waals surface area contributed by atoms with Crippen LogP contribution < -0.4 is 15.6 Å². The van der Waals surface area contributed by atoms with Crippen LogP contribution in [0.3, 0.4) is 0 Å². The quantitative estimate of drug-likeness (QED) is 0.581. The minimum absolute atomic E-state index is 0.0571. The SMILES string of the molecule is CC(C)Oc1nc2nc(C34COC(C)(C3)C4)cn2cc1C(=O)Nc1cccn(C2CC2(C)C)c1=O. The molecule has 2 saturated carbocycles. The van der Waals surface area contributed by atoms with E-state index in [1.54, 1.807) is 33.5 Å². The van der Waals surface area contributed by atoms with Crippen molar-refractivity contribution in [1.82, 2.24) is 18.9 Å². The number of hydrogen-bond acceptors (Lipinski definition) is 6. The first-order chi connectivity index (χ1) is 16.5. The monoisotopic (exact) mass is 477 g/mol. The van der Waals surface area contributed by atoms with E-state index in [4.69, 9.17) is 14.5 Å². The first-order valence-corrected chi connectivity index (χ1v) is 12.2. The molecule has 2 bridgehead atoms. The number of hydrogen-bond donors (Lipinski definition) is 1. The van der Waals surface area contributed by atoms with Crippen molar-refractivity contribution in [1.29, 1.82) is 0 Å². The second-order valence-electron chi connectivity index (χ2n) is 11.6. The Bertz CT molecular complexity index is 1410. The van der Waals surface area contributed by atoms with Gasteiger partial charge in [-0.1, -0.05) is 13.8 Å². The third-order valence-corrected chi connectivity index (χ3v) is 7.69. The average Bonchev–Trinajstić information content (AvgIpc) is 3.11. The number of ether oxygens (including phenoxy) is 2. The molecule has 5 heterocycles. The zero-order valence-corrected chi connectivity index (χ0v) is 20.8. The van der Waals surface area contributed by atoms with Gasteiger partial charge in [-0.3, -0.25) is 14.0 Å². The van der Waals surface area contributed by atoms with E-state index in [-0.39, 0.29) is 51.3 Å². The van der Waals surface area contributed by atoms with Gasteiger partial charge in [-0.2, -0.15) is 4.98 Å².